The molecule has 82 heavy (non-hydrogen) atoms. The maximum absolute atomic E-state index is 14.8. The number of nitrogens with one attached hydrogen (secondary N) is 6. The molecule has 0 aromatic heterocycles. The van der Waals surface area contributed by atoms with Crippen LogP contribution in [0.1, 0.15) is 145 Å². The lowest BCUT2D eigenvalue weighted by Gasteiger charge is -2.44. The number of hydrogen-bond acceptors (Lipinski definition) is 14. The number of carboxylic acid groups (broad SMARTS) is 3. The molecule has 0 radical (unpaired) electrons. The zero-order chi connectivity index (χ0) is 61.8. The van der Waals surface area contributed by atoms with Gasteiger partial charge in [0.05, 0.1) is 62.5 Å². The van der Waals surface area contributed by atoms with Gasteiger partial charge in [0, 0.05) is 93.0 Å². The molecule has 3 heterocycles. The first-order valence-electron chi connectivity index (χ1n) is 29.1. The Labute approximate surface area is 498 Å². The van der Waals surface area contributed by atoms with Crippen LogP contribution in [0.3, 0.4) is 0 Å². The van der Waals surface area contributed by atoms with Gasteiger partial charge in [-0.05, 0) is 72.9 Å². The van der Waals surface area contributed by atoms with E-state index in [0.29, 0.717) is 59.7 Å². The molecule has 3 aliphatic heterocycles. The number of fused-ring (bicyclic) bond motifs is 1. The van der Waals surface area contributed by atoms with Crippen LogP contribution in [-0.4, -0.2) is 180 Å². The fourth-order valence-electron chi connectivity index (χ4n) is 12.3. The van der Waals surface area contributed by atoms with E-state index in [1.807, 2.05) is 47.4 Å². The zero-order valence-electron chi connectivity index (χ0n) is 50.1. The lowest BCUT2D eigenvalue weighted by Crippen LogP contribution is -2.52. The molecule has 470 valence electrons. The van der Waals surface area contributed by atoms with Crippen molar-refractivity contribution in [1.29, 1.82) is 0 Å². The van der Waals surface area contributed by atoms with E-state index in [0.717, 1.165) is 43.6 Å². The quantitative estimate of drug-likeness (QED) is 0.0166. The highest BCUT2D eigenvalue weighted by Gasteiger charge is 2.53. The highest BCUT2D eigenvalue weighted by molar-refractivity contribution is 8.77. The third-order valence-electron chi connectivity index (χ3n) is 16.5. The lowest BCUT2D eigenvalue weighted by molar-refractivity contribution is -0.890. The monoisotopic (exact) mass is 1240 g/mol. The molecule has 0 spiro atoms. The second-order valence-electron chi connectivity index (χ2n) is 25.9. The molecular formula is C56H98N7O15S4+. The summed E-state index contributed by atoms with van der Waals surface area (Å²) in [7, 11) is 3.30. The van der Waals surface area contributed by atoms with Gasteiger partial charge in [0.15, 0.2) is 0 Å². The molecule has 3 rings (SSSR count). The van der Waals surface area contributed by atoms with Crippen LogP contribution >= 0.6 is 33.3 Å². The zero-order valence-corrected chi connectivity index (χ0v) is 53.4. The smallest absolute Gasteiger partial charge is 0.307 e. The SMILES string of the molecule is CC(C(=O)NCCNC(=O)CCCCC1SCC2CC(=O)NC21)C(C(=O)O)C(C)(C)CC(C(=O)O)C(C(=O)NCCNC(=O)CCCCC1CCSS1)C(C)(C)CC(C(=O)NCCC[N+](C)(C)CCCS(=O)(=O)O)C(C(=O)O)C(C)(C)C. The lowest BCUT2D eigenvalue weighted by atomic mass is 9.59. The van der Waals surface area contributed by atoms with Gasteiger partial charge in [-0.3, -0.25) is 47.7 Å². The first-order valence-corrected chi connectivity index (χ1v) is 34.1. The number of carbonyl (C=O) groups is 9. The Bertz CT molecular complexity index is 2290. The van der Waals surface area contributed by atoms with Crippen LogP contribution in [0.5, 0.6) is 0 Å². The maximum Gasteiger partial charge on any atom is 0.307 e. The van der Waals surface area contributed by atoms with Crippen molar-refractivity contribution in [2.45, 2.75) is 162 Å². The summed E-state index contributed by atoms with van der Waals surface area (Å²) in [5.74, 6) is -13.2. The highest BCUT2D eigenvalue weighted by Crippen LogP contribution is 2.49. The van der Waals surface area contributed by atoms with Crippen molar-refractivity contribution in [1.82, 2.24) is 31.9 Å². The fourth-order valence-corrected chi connectivity index (χ4v) is 17.5. The topological polar surface area (TPSA) is 341 Å². The summed E-state index contributed by atoms with van der Waals surface area (Å²) in [6.07, 6.45) is 6.99. The third-order valence-corrected chi connectivity index (χ3v) is 21.8. The summed E-state index contributed by atoms with van der Waals surface area (Å²) in [5, 5.41) is 50.7. The van der Waals surface area contributed by atoms with E-state index in [9.17, 15) is 71.4 Å². The summed E-state index contributed by atoms with van der Waals surface area (Å²) < 4.78 is 32.2. The Morgan fingerprint density at radius 1 is 0.659 bits per heavy atom. The molecule has 0 aromatic rings. The van der Waals surface area contributed by atoms with Crippen LogP contribution < -0.4 is 31.9 Å². The average molecular weight is 1240 g/mol. The summed E-state index contributed by atoms with van der Waals surface area (Å²) in [4.78, 5) is 121. The van der Waals surface area contributed by atoms with E-state index < -0.39 is 110 Å². The second-order valence-corrected chi connectivity index (χ2v) is 31.5. The van der Waals surface area contributed by atoms with Crippen LogP contribution in [0.25, 0.3) is 0 Å². The number of thioether (sulfide) groups is 1. The number of quaternary nitrogens is 1. The molecule has 0 aliphatic carbocycles. The Balaban J connectivity index is 1.82. The summed E-state index contributed by atoms with van der Waals surface area (Å²) >= 11 is 1.86. The number of rotatable bonds is 39. The van der Waals surface area contributed by atoms with Crippen molar-refractivity contribution < 1.29 is 75.9 Å². The Morgan fingerprint density at radius 3 is 1.72 bits per heavy atom. The minimum atomic E-state index is -4.15. The highest BCUT2D eigenvalue weighted by atomic mass is 33.1. The van der Waals surface area contributed by atoms with Gasteiger partial charge in [-0.2, -0.15) is 20.2 Å². The molecule has 3 fully saturated rings. The number of hydrogen-bond donors (Lipinski definition) is 10. The number of unbranched alkanes of at least 4 members (excludes halogenated alkanes) is 2. The van der Waals surface area contributed by atoms with Crippen molar-refractivity contribution in [3.05, 3.63) is 0 Å². The van der Waals surface area contributed by atoms with Crippen molar-refractivity contribution in [2.75, 3.05) is 77.2 Å². The van der Waals surface area contributed by atoms with Crippen molar-refractivity contribution in [3.63, 3.8) is 0 Å². The third kappa shape index (κ3) is 24.6. The van der Waals surface area contributed by atoms with Crippen molar-refractivity contribution >= 4 is 96.8 Å². The summed E-state index contributed by atoms with van der Waals surface area (Å²) in [5.41, 5.74) is -4.06. The van der Waals surface area contributed by atoms with Crippen LogP contribution in [-0.2, 0) is 53.3 Å². The molecule has 26 heteroatoms. The number of carboxylic acids is 3. The summed E-state index contributed by atoms with van der Waals surface area (Å²) in [6, 6.07) is 0.184. The van der Waals surface area contributed by atoms with E-state index in [1.54, 1.807) is 34.6 Å². The van der Waals surface area contributed by atoms with E-state index in [4.69, 9.17) is 0 Å². The van der Waals surface area contributed by atoms with Crippen LogP contribution in [0.15, 0.2) is 0 Å². The van der Waals surface area contributed by atoms with E-state index >= 15 is 0 Å². The minimum absolute atomic E-state index is 0.00292. The maximum atomic E-state index is 14.8. The van der Waals surface area contributed by atoms with E-state index in [-0.39, 0.29) is 82.2 Å². The van der Waals surface area contributed by atoms with Crippen LogP contribution in [0.4, 0.5) is 0 Å². The Morgan fingerprint density at radius 2 is 1.18 bits per heavy atom. The van der Waals surface area contributed by atoms with Gasteiger partial charge in [0.25, 0.3) is 10.1 Å². The van der Waals surface area contributed by atoms with E-state index in [1.165, 1.54) is 20.8 Å². The number of carbonyl (C=O) groups excluding carboxylic acids is 6. The molecule has 10 N–H and O–H groups in total. The first-order chi connectivity index (χ1) is 38.1. The predicted molar refractivity (Wildman–Crippen MR) is 320 cm³/mol. The number of aliphatic carboxylic acids is 3. The minimum Gasteiger partial charge on any atom is -0.481 e. The molecular weight excluding hydrogens is 1140 g/mol. The molecule has 22 nitrogen and oxygen atoms in total. The molecule has 6 amide bonds. The average Bonchev–Trinajstić information content (AvgIpc) is 4.18. The van der Waals surface area contributed by atoms with E-state index in [2.05, 4.69) is 31.9 Å². The first kappa shape index (κ1) is 72.4. The number of amides is 6. The normalized spacial score (nSPS) is 20.7. The molecule has 3 aliphatic rings. The van der Waals surface area contributed by atoms with Gasteiger partial charge < -0.3 is 51.7 Å². The largest absolute Gasteiger partial charge is 0.481 e. The van der Waals surface area contributed by atoms with Gasteiger partial charge >= 0.3 is 17.9 Å². The van der Waals surface area contributed by atoms with Gasteiger partial charge in [-0.1, -0.05) is 89.8 Å². The number of nitrogens with zero attached hydrogens (tertiary/aromatic N) is 1. The molecule has 0 aromatic carbocycles. The predicted octanol–water partition coefficient (Wildman–Crippen LogP) is 5.06. The Hall–Kier alpha value is -3.85. The van der Waals surface area contributed by atoms with Crippen LogP contribution in [0.2, 0.25) is 0 Å². The molecule has 3 saturated heterocycles. The Kier molecular flexibility index (Phi) is 29.3. The van der Waals surface area contributed by atoms with Gasteiger partial charge in [0.2, 0.25) is 35.4 Å². The van der Waals surface area contributed by atoms with Crippen molar-refractivity contribution in [2.24, 2.45) is 57.7 Å². The molecule has 0 bridgehead atoms. The molecule has 0 saturated carbocycles. The van der Waals surface area contributed by atoms with Gasteiger partial charge in [-0.15, -0.1) is 0 Å². The standard InChI is InChI=1S/C56H97N7O15S4/c1-35(48(67)60-25-23-57-42(65)20-14-12-18-40-47-36(34-79-40)31-43(66)62-47)44(52(72)73)55(5,6)33-39(51(70)71)45(50(69)61-26-24-58-41(64)19-13-11-17-37-21-29-80-81-37)56(7,8)32-38(46(53(74)75)54(2,3)4)49(68)59-22-15-27-63(9,10)28-16-30-82(76,77)78/h35-40,44-47H,11-34H2,1-10H3,(H9-,57,58,59,60,61,62,64,65,66,67,68,69,70,71,72,73,74,75,76,77,78)/p+1. The summed E-state index contributed by atoms with van der Waals surface area (Å²) in [6.45, 7) is 13.5. The molecule has 10 unspecified atom stereocenters. The van der Waals surface area contributed by atoms with Gasteiger partial charge in [-0.25, -0.2) is 0 Å². The van der Waals surface area contributed by atoms with Crippen molar-refractivity contribution in [3.8, 4) is 0 Å². The fraction of sp³-hybridized carbons (Fsp3) is 0.839. The molecule has 10 atom stereocenters. The van der Waals surface area contributed by atoms with Crippen LogP contribution in [0, 0.1) is 57.7 Å². The second kappa shape index (κ2) is 33.2. The van der Waals surface area contributed by atoms with Gasteiger partial charge in [0.1, 0.15) is 0 Å².